The Morgan fingerprint density at radius 1 is 1.50 bits per heavy atom. The Kier molecular flexibility index (Phi) is 2.42. The van der Waals surface area contributed by atoms with Crippen molar-refractivity contribution in [1.29, 1.82) is 0 Å². The number of carbonyl (C=O) groups is 1. The molecule has 1 aliphatic rings. The summed E-state index contributed by atoms with van der Waals surface area (Å²) in [6, 6.07) is 3.67. The van der Waals surface area contributed by atoms with Crippen molar-refractivity contribution in [2.75, 3.05) is 11.4 Å². The van der Waals surface area contributed by atoms with E-state index < -0.39 is 0 Å². The lowest BCUT2D eigenvalue weighted by molar-refractivity contribution is -0.117. The molecule has 0 N–H and O–H groups in total. The molecule has 1 fully saturated rings. The highest BCUT2D eigenvalue weighted by molar-refractivity contribution is 6.29. The molecule has 4 heteroatoms. The van der Waals surface area contributed by atoms with Crippen LogP contribution < -0.4 is 4.90 Å². The van der Waals surface area contributed by atoms with E-state index in [4.69, 9.17) is 11.6 Å². The van der Waals surface area contributed by atoms with E-state index in [9.17, 15) is 4.79 Å². The van der Waals surface area contributed by atoms with Crippen LogP contribution in [0.5, 0.6) is 0 Å². The van der Waals surface area contributed by atoms with Crippen molar-refractivity contribution >= 4 is 23.3 Å². The minimum atomic E-state index is 0.138. The van der Waals surface area contributed by atoms with Gasteiger partial charge in [-0.1, -0.05) is 11.6 Å². The molecule has 1 aliphatic heterocycles. The molecule has 2 heterocycles. The quantitative estimate of drug-likeness (QED) is 0.666. The minimum absolute atomic E-state index is 0.138. The van der Waals surface area contributed by atoms with Crippen LogP contribution in [0.1, 0.15) is 18.4 Å². The van der Waals surface area contributed by atoms with Crippen LogP contribution in [0.3, 0.4) is 0 Å². The predicted octanol–water partition coefficient (Wildman–Crippen LogP) is 2.17. The number of anilines is 1. The molecule has 0 aromatic carbocycles. The molecule has 0 bridgehead atoms. The molecule has 14 heavy (non-hydrogen) atoms. The van der Waals surface area contributed by atoms with Crippen LogP contribution >= 0.6 is 11.6 Å². The maximum absolute atomic E-state index is 11.4. The van der Waals surface area contributed by atoms with E-state index in [1.807, 2.05) is 13.0 Å². The fourth-order valence-corrected chi connectivity index (χ4v) is 1.89. The number of carbonyl (C=O) groups excluding carboxylic acids is 1. The van der Waals surface area contributed by atoms with Crippen LogP contribution in [0.15, 0.2) is 12.1 Å². The van der Waals surface area contributed by atoms with Gasteiger partial charge in [-0.3, -0.25) is 9.69 Å². The van der Waals surface area contributed by atoms with Gasteiger partial charge in [0, 0.05) is 13.0 Å². The van der Waals surface area contributed by atoms with Gasteiger partial charge in [0.2, 0.25) is 5.91 Å². The topological polar surface area (TPSA) is 33.2 Å². The average Bonchev–Trinajstić information content (AvgIpc) is 2.49. The summed E-state index contributed by atoms with van der Waals surface area (Å²) in [6.07, 6.45) is 1.53. The molecule has 1 saturated heterocycles. The number of halogens is 1. The van der Waals surface area contributed by atoms with Gasteiger partial charge in [-0.05, 0) is 31.0 Å². The van der Waals surface area contributed by atoms with Crippen molar-refractivity contribution in [3.63, 3.8) is 0 Å². The van der Waals surface area contributed by atoms with Gasteiger partial charge in [0.25, 0.3) is 0 Å². The maximum Gasteiger partial charge on any atom is 0.228 e. The highest BCUT2D eigenvalue weighted by atomic mass is 35.5. The number of aryl methyl sites for hydroxylation is 1. The van der Waals surface area contributed by atoms with E-state index in [0.29, 0.717) is 17.4 Å². The summed E-state index contributed by atoms with van der Waals surface area (Å²) >= 11 is 5.83. The van der Waals surface area contributed by atoms with E-state index in [-0.39, 0.29) is 5.91 Å². The summed E-state index contributed by atoms with van der Waals surface area (Å²) in [5, 5.41) is 0.444. The van der Waals surface area contributed by atoms with E-state index >= 15 is 0 Å². The maximum atomic E-state index is 11.4. The Morgan fingerprint density at radius 3 is 2.86 bits per heavy atom. The number of pyridine rings is 1. The van der Waals surface area contributed by atoms with Crippen molar-refractivity contribution in [1.82, 2.24) is 4.98 Å². The van der Waals surface area contributed by atoms with Gasteiger partial charge < -0.3 is 0 Å². The number of aromatic nitrogens is 1. The van der Waals surface area contributed by atoms with Crippen LogP contribution in [0.25, 0.3) is 0 Å². The molecule has 1 aromatic heterocycles. The first-order chi connectivity index (χ1) is 6.66. The zero-order valence-corrected chi connectivity index (χ0v) is 8.71. The van der Waals surface area contributed by atoms with Crippen molar-refractivity contribution in [3.8, 4) is 0 Å². The zero-order chi connectivity index (χ0) is 10.1. The summed E-state index contributed by atoms with van der Waals surface area (Å²) in [5.41, 5.74) is 1.03. The summed E-state index contributed by atoms with van der Waals surface area (Å²) < 4.78 is 0. The molecule has 74 valence electrons. The second-order valence-electron chi connectivity index (χ2n) is 3.47. The van der Waals surface area contributed by atoms with Gasteiger partial charge in [0.05, 0.1) is 0 Å². The second kappa shape index (κ2) is 3.58. The molecule has 0 aliphatic carbocycles. The van der Waals surface area contributed by atoms with Gasteiger partial charge in [0.15, 0.2) is 0 Å². The first kappa shape index (κ1) is 9.46. The summed E-state index contributed by atoms with van der Waals surface area (Å²) in [5.74, 6) is 0.816. The third-order valence-electron chi connectivity index (χ3n) is 2.27. The molecule has 0 unspecified atom stereocenters. The Hall–Kier alpha value is -1.09. The highest BCUT2D eigenvalue weighted by Gasteiger charge is 2.22. The van der Waals surface area contributed by atoms with E-state index in [2.05, 4.69) is 4.98 Å². The number of hydrogen-bond donors (Lipinski definition) is 0. The van der Waals surface area contributed by atoms with E-state index in [1.165, 1.54) is 0 Å². The molecule has 1 amide bonds. The lowest BCUT2D eigenvalue weighted by atomic mass is 10.3. The fourth-order valence-electron chi connectivity index (χ4n) is 1.64. The molecule has 0 spiro atoms. The Labute approximate surface area is 87.7 Å². The van der Waals surface area contributed by atoms with Gasteiger partial charge in [0.1, 0.15) is 11.0 Å². The van der Waals surface area contributed by atoms with E-state index in [1.54, 1.807) is 11.0 Å². The third kappa shape index (κ3) is 1.73. The normalized spacial score (nSPS) is 16.4. The fraction of sp³-hybridized carbons (Fsp3) is 0.400. The molecule has 2 rings (SSSR count). The first-order valence-corrected chi connectivity index (χ1v) is 4.99. The second-order valence-corrected chi connectivity index (χ2v) is 3.86. The molecule has 0 saturated carbocycles. The Morgan fingerprint density at radius 2 is 2.29 bits per heavy atom. The molecule has 1 aromatic rings. The van der Waals surface area contributed by atoms with Crippen molar-refractivity contribution in [3.05, 3.63) is 22.8 Å². The average molecular weight is 211 g/mol. The SMILES string of the molecule is Cc1cc(Cl)nc(N2CCCC2=O)c1. The van der Waals surface area contributed by atoms with Crippen LogP contribution in [0.4, 0.5) is 5.82 Å². The van der Waals surface area contributed by atoms with Crippen molar-refractivity contribution in [2.24, 2.45) is 0 Å². The van der Waals surface area contributed by atoms with E-state index in [0.717, 1.165) is 18.5 Å². The minimum Gasteiger partial charge on any atom is -0.297 e. The molecule has 0 radical (unpaired) electrons. The predicted molar refractivity (Wildman–Crippen MR) is 55.6 cm³/mol. The number of nitrogens with zero attached hydrogens (tertiary/aromatic N) is 2. The van der Waals surface area contributed by atoms with Crippen molar-refractivity contribution in [2.45, 2.75) is 19.8 Å². The van der Waals surface area contributed by atoms with Gasteiger partial charge in [-0.15, -0.1) is 0 Å². The van der Waals surface area contributed by atoms with Gasteiger partial charge in [-0.2, -0.15) is 0 Å². The number of rotatable bonds is 1. The van der Waals surface area contributed by atoms with Crippen LogP contribution in [0, 0.1) is 6.92 Å². The molecular formula is C10H11ClN2O. The lowest BCUT2D eigenvalue weighted by Gasteiger charge is -2.14. The molecule has 0 atom stereocenters. The summed E-state index contributed by atoms with van der Waals surface area (Å²) in [7, 11) is 0. The monoisotopic (exact) mass is 210 g/mol. The zero-order valence-electron chi connectivity index (χ0n) is 7.96. The van der Waals surface area contributed by atoms with Gasteiger partial charge >= 0.3 is 0 Å². The van der Waals surface area contributed by atoms with Crippen LogP contribution in [0.2, 0.25) is 5.15 Å². The summed E-state index contributed by atoms with van der Waals surface area (Å²) in [4.78, 5) is 17.3. The largest absolute Gasteiger partial charge is 0.297 e. The highest BCUT2D eigenvalue weighted by Crippen LogP contribution is 2.22. The Bertz CT molecular complexity index is 358. The van der Waals surface area contributed by atoms with Gasteiger partial charge in [-0.25, -0.2) is 4.98 Å². The number of amides is 1. The molecule has 3 nitrogen and oxygen atoms in total. The Balaban J connectivity index is 2.35. The third-order valence-corrected chi connectivity index (χ3v) is 2.47. The standard InChI is InChI=1S/C10H11ClN2O/c1-7-5-8(11)12-9(6-7)13-4-2-3-10(13)14/h5-6H,2-4H2,1H3. The van der Waals surface area contributed by atoms with Crippen molar-refractivity contribution < 1.29 is 4.79 Å². The summed E-state index contributed by atoms with van der Waals surface area (Å²) in [6.45, 7) is 2.70. The molecular weight excluding hydrogens is 200 g/mol. The van der Waals surface area contributed by atoms with Crippen LogP contribution in [-0.2, 0) is 4.79 Å². The first-order valence-electron chi connectivity index (χ1n) is 4.61. The van der Waals surface area contributed by atoms with Crippen LogP contribution in [-0.4, -0.2) is 17.4 Å². The number of hydrogen-bond acceptors (Lipinski definition) is 2. The smallest absolute Gasteiger partial charge is 0.228 e. The lowest BCUT2D eigenvalue weighted by Crippen LogP contribution is -2.24.